The van der Waals surface area contributed by atoms with Crippen molar-refractivity contribution in [2.24, 2.45) is 0 Å². The maximum atomic E-state index is 10.5. The zero-order valence-electron chi connectivity index (χ0n) is 15.8. The van der Waals surface area contributed by atoms with Crippen LogP contribution in [0.3, 0.4) is 0 Å². The molecule has 5 nitrogen and oxygen atoms in total. The topological polar surface area (TPSA) is 69.4 Å². The van der Waals surface area contributed by atoms with Crippen molar-refractivity contribution in [1.82, 2.24) is 4.98 Å². The summed E-state index contributed by atoms with van der Waals surface area (Å²) in [5.41, 5.74) is 4.42. The molecule has 0 bridgehead atoms. The largest absolute Gasteiger partial charge is 0.510 e. The standard InChI is InChI=1S/C22H21N3O2S/c1-3-27-17-10-8-16(9-11-17)25-12-19(26)20(21(25)23)22-24-18(13-28-22)15-6-4-14(2)5-7-15/h4-11,13,23,26H,3,12H2,1-2H3. The first-order valence-electron chi connectivity index (χ1n) is 9.11. The number of aliphatic hydroxyl groups is 1. The highest BCUT2D eigenvalue weighted by Gasteiger charge is 2.31. The molecule has 0 amide bonds. The van der Waals surface area contributed by atoms with Gasteiger partial charge in [-0.05, 0) is 38.1 Å². The van der Waals surface area contributed by atoms with Crippen LogP contribution >= 0.6 is 11.3 Å². The summed E-state index contributed by atoms with van der Waals surface area (Å²) in [6.07, 6.45) is 0. The summed E-state index contributed by atoms with van der Waals surface area (Å²) >= 11 is 1.44. The van der Waals surface area contributed by atoms with Crippen LogP contribution in [0.1, 0.15) is 17.5 Å². The van der Waals surface area contributed by atoms with Gasteiger partial charge in [0.05, 0.1) is 24.4 Å². The van der Waals surface area contributed by atoms with Crippen molar-refractivity contribution in [3.8, 4) is 17.0 Å². The smallest absolute Gasteiger partial charge is 0.139 e. The van der Waals surface area contributed by atoms with Gasteiger partial charge in [-0.25, -0.2) is 4.98 Å². The molecule has 6 heteroatoms. The lowest BCUT2D eigenvalue weighted by molar-refractivity contribution is 0.340. The first kappa shape index (κ1) is 18.3. The van der Waals surface area contributed by atoms with Crippen molar-refractivity contribution in [1.29, 1.82) is 5.41 Å². The molecule has 0 spiro atoms. The van der Waals surface area contributed by atoms with Gasteiger partial charge in [-0.1, -0.05) is 29.8 Å². The third-order valence-corrected chi connectivity index (χ3v) is 5.49. The van der Waals surface area contributed by atoms with Gasteiger partial charge in [-0.2, -0.15) is 0 Å². The molecular formula is C22H21N3O2S. The Hall–Kier alpha value is -3.12. The molecule has 1 aliphatic rings. The van der Waals surface area contributed by atoms with E-state index >= 15 is 0 Å². The predicted molar refractivity (Wildman–Crippen MR) is 115 cm³/mol. The predicted octanol–water partition coefficient (Wildman–Crippen LogP) is 5.28. The SMILES string of the molecule is CCOc1ccc(N2CC(O)=C(c3nc(-c4ccc(C)cc4)cs3)C2=N)cc1. The third kappa shape index (κ3) is 3.39. The number of benzene rings is 2. The number of nitrogens with zero attached hydrogens (tertiary/aromatic N) is 2. The normalized spacial score (nSPS) is 14.1. The lowest BCUT2D eigenvalue weighted by Gasteiger charge is -2.19. The molecule has 0 aliphatic carbocycles. The lowest BCUT2D eigenvalue weighted by atomic mass is 10.1. The monoisotopic (exact) mass is 391 g/mol. The molecule has 1 aromatic heterocycles. The van der Waals surface area contributed by atoms with E-state index in [0.717, 1.165) is 22.7 Å². The summed E-state index contributed by atoms with van der Waals surface area (Å²) in [6, 6.07) is 15.7. The minimum Gasteiger partial charge on any atom is -0.510 e. The molecule has 4 rings (SSSR count). The van der Waals surface area contributed by atoms with Crippen LogP contribution in [0.4, 0.5) is 5.69 Å². The lowest BCUT2D eigenvalue weighted by Crippen LogP contribution is -2.25. The van der Waals surface area contributed by atoms with Crippen LogP contribution in [-0.4, -0.2) is 29.1 Å². The first-order chi connectivity index (χ1) is 13.6. The summed E-state index contributed by atoms with van der Waals surface area (Å²) in [4.78, 5) is 6.44. The minimum absolute atomic E-state index is 0.170. The molecule has 142 valence electrons. The highest BCUT2D eigenvalue weighted by Crippen LogP contribution is 2.34. The van der Waals surface area contributed by atoms with Gasteiger partial charge < -0.3 is 14.7 Å². The van der Waals surface area contributed by atoms with Crippen LogP contribution in [0.25, 0.3) is 16.8 Å². The van der Waals surface area contributed by atoms with Crippen molar-refractivity contribution >= 4 is 28.4 Å². The van der Waals surface area contributed by atoms with Gasteiger partial charge in [0.25, 0.3) is 0 Å². The molecule has 0 radical (unpaired) electrons. The molecule has 28 heavy (non-hydrogen) atoms. The number of nitrogens with one attached hydrogen (secondary N) is 1. The Balaban J connectivity index is 1.58. The highest BCUT2D eigenvalue weighted by molar-refractivity contribution is 7.11. The molecule has 0 unspecified atom stereocenters. The van der Waals surface area contributed by atoms with E-state index in [1.54, 1.807) is 4.90 Å². The second kappa shape index (κ2) is 7.48. The average Bonchev–Trinajstić information content (AvgIpc) is 3.28. The number of ether oxygens (including phenoxy) is 1. The maximum Gasteiger partial charge on any atom is 0.139 e. The number of aliphatic hydroxyl groups excluding tert-OH is 1. The number of thiazole rings is 1. The van der Waals surface area contributed by atoms with E-state index in [0.29, 0.717) is 17.2 Å². The van der Waals surface area contributed by atoms with Crippen molar-refractivity contribution < 1.29 is 9.84 Å². The number of aryl methyl sites for hydroxylation is 1. The Labute approximate surface area is 168 Å². The summed E-state index contributed by atoms with van der Waals surface area (Å²) in [5, 5.41) is 21.8. The summed E-state index contributed by atoms with van der Waals surface area (Å²) < 4.78 is 5.47. The van der Waals surface area contributed by atoms with E-state index in [4.69, 9.17) is 10.1 Å². The fourth-order valence-electron chi connectivity index (χ4n) is 3.16. The van der Waals surface area contributed by atoms with E-state index in [-0.39, 0.29) is 18.1 Å². The van der Waals surface area contributed by atoms with Gasteiger partial charge >= 0.3 is 0 Å². The summed E-state index contributed by atoms with van der Waals surface area (Å²) in [6.45, 7) is 4.87. The third-order valence-electron chi connectivity index (χ3n) is 4.63. The summed E-state index contributed by atoms with van der Waals surface area (Å²) in [5.74, 6) is 1.22. The Bertz CT molecular complexity index is 1040. The minimum atomic E-state index is 0.170. The molecule has 0 saturated carbocycles. The number of amidine groups is 1. The number of hydrogen-bond donors (Lipinski definition) is 2. The first-order valence-corrected chi connectivity index (χ1v) is 9.99. The van der Waals surface area contributed by atoms with Crippen LogP contribution in [0, 0.1) is 12.3 Å². The van der Waals surface area contributed by atoms with Crippen molar-refractivity contribution in [2.75, 3.05) is 18.1 Å². The average molecular weight is 391 g/mol. The Morgan fingerprint density at radius 1 is 1.14 bits per heavy atom. The van der Waals surface area contributed by atoms with Gasteiger partial charge in [0.15, 0.2) is 0 Å². The molecule has 0 saturated heterocycles. The van der Waals surface area contributed by atoms with E-state index in [1.807, 2.05) is 48.7 Å². The highest BCUT2D eigenvalue weighted by atomic mass is 32.1. The van der Waals surface area contributed by atoms with Gasteiger partial charge in [-0.3, -0.25) is 5.41 Å². The second-order valence-electron chi connectivity index (χ2n) is 6.59. The van der Waals surface area contributed by atoms with Gasteiger partial charge in [0, 0.05) is 16.6 Å². The van der Waals surface area contributed by atoms with Crippen LogP contribution in [0.5, 0.6) is 5.75 Å². The van der Waals surface area contributed by atoms with Gasteiger partial charge in [0.1, 0.15) is 22.4 Å². The van der Waals surface area contributed by atoms with Crippen molar-refractivity contribution in [3.05, 3.63) is 70.2 Å². The fraction of sp³-hybridized carbons (Fsp3) is 0.182. The van der Waals surface area contributed by atoms with E-state index in [2.05, 4.69) is 24.0 Å². The Morgan fingerprint density at radius 3 is 2.54 bits per heavy atom. The Morgan fingerprint density at radius 2 is 1.86 bits per heavy atom. The molecular weight excluding hydrogens is 370 g/mol. The molecule has 2 aromatic carbocycles. The molecule has 0 fully saturated rings. The van der Waals surface area contributed by atoms with Crippen LogP contribution < -0.4 is 9.64 Å². The van der Waals surface area contributed by atoms with Crippen LogP contribution in [0.2, 0.25) is 0 Å². The number of anilines is 1. The fourth-order valence-corrected chi connectivity index (χ4v) is 4.05. The van der Waals surface area contributed by atoms with E-state index in [1.165, 1.54) is 16.9 Å². The number of hydrogen-bond acceptors (Lipinski definition) is 5. The molecule has 2 N–H and O–H groups in total. The van der Waals surface area contributed by atoms with Crippen LogP contribution in [-0.2, 0) is 0 Å². The van der Waals surface area contributed by atoms with Crippen molar-refractivity contribution in [2.45, 2.75) is 13.8 Å². The maximum absolute atomic E-state index is 10.5. The van der Waals surface area contributed by atoms with Gasteiger partial charge in [-0.15, -0.1) is 11.3 Å². The molecule has 1 aliphatic heterocycles. The zero-order valence-corrected chi connectivity index (χ0v) is 16.6. The van der Waals surface area contributed by atoms with E-state index < -0.39 is 0 Å². The molecule has 2 heterocycles. The molecule has 0 atom stereocenters. The van der Waals surface area contributed by atoms with Gasteiger partial charge in [0.2, 0.25) is 0 Å². The number of aromatic nitrogens is 1. The molecule has 3 aromatic rings. The number of rotatable bonds is 5. The summed E-state index contributed by atoms with van der Waals surface area (Å²) in [7, 11) is 0. The van der Waals surface area contributed by atoms with Crippen molar-refractivity contribution in [3.63, 3.8) is 0 Å². The Kier molecular flexibility index (Phi) is 4.88. The van der Waals surface area contributed by atoms with Crippen LogP contribution in [0.15, 0.2) is 59.7 Å². The quantitative estimate of drug-likeness (QED) is 0.620. The second-order valence-corrected chi connectivity index (χ2v) is 7.45. The van der Waals surface area contributed by atoms with E-state index in [9.17, 15) is 5.11 Å². The zero-order chi connectivity index (χ0) is 19.7.